The molecule has 0 unspecified atom stereocenters. The Morgan fingerprint density at radius 3 is 2.09 bits per heavy atom. The molecule has 0 aliphatic carbocycles. The average molecular weight is 160 g/mol. The molecule has 0 aliphatic heterocycles. The van der Waals surface area contributed by atoms with E-state index in [2.05, 4.69) is 0 Å². The van der Waals surface area contributed by atoms with Crippen LogP contribution in [0.15, 0.2) is 0 Å². The lowest BCUT2D eigenvalue weighted by atomic mass is 10.2. The summed E-state index contributed by atoms with van der Waals surface area (Å²) >= 11 is 0. The predicted octanol–water partition coefficient (Wildman–Crippen LogP) is 2.01. The Hall–Kier alpha value is -0.600. The Morgan fingerprint density at radius 2 is 1.73 bits per heavy atom. The molecule has 11 heavy (non-hydrogen) atoms. The van der Waals surface area contributed by atoms with Crippen LogP contribution < -0.4 is 0 Å². The lowest BCUT2D eigenvalue weighted by Crippen LogP contribution is -2.17. The molecule has 0 heterocycles. The van der Waals surface area contributed by atoms with Crippen LogP contribution in [0.25, 0.3) is 0 Å². The van der Waals surface area contributed by atoms with E-state index in [1.165, 1.54) is 0 Å². The molecule has 0 fully saturated rings. The van der Waals surface area contributed by atoms with E-state index >= 15 is 0 Å². The van der Waals surface area contributed by atoms with Crippen LogP contribution in [0.1, 0.15) is 27.7 Å². The van der Waals surface area contributed by atoms with E-state index in [-0.39, 0.29) is 0 Å². The van der Waals surface area contributed by atoms with Gasteiger partial charge in [-0.1, -0.05) is 27.7 Å². The summed E-state index contributed by atoms with van der Waals surface area (Å²) in [6.45, 7) is 8.97. The van der Waals surface area contributed by atoms with Crippen molar-refractivity contribution in [1.82, 2.24) is 0 Å². The van der Waals surface area contributed by atoms with E-state index in [1.807, 2.05) is 27.7 Å². The van der Waals surface area contributed by atoms with Crippen LogP contribution in [0.3, 0.4) is 0 Å². The SMILES string of the molecule is CC(C)CO[N+](=O)CC(C)C. The maximum atomic E-state index is 10.9. The zero-order chi connectivity index (χ0) is 8.85. The molecule has 0 rings (SSSR count). The molecule has 66 valence electrons. The van der Waals surface area contributed by atoms with Gasteiger partial charge in [0.2, 0.25) is 4.92 Å². The highest BCUT2D eigenvalue weighted by Crippen LogP contribution is 1.96. The van der Waals surface area contributed by atoms with Crippen molar-refractivity contribution in [2.75, 3.05) is 13.2 Å². The van der Waals surface area contributed by atoms with Crippen molar-refractivity contribution >= 4 is 0 Å². The molecule has 0 radical (unpaired) electrons. The van der Waals surface area contributed by atoms with Crippen LogP contribution in [0.5, 0.6) is 0 Å². The van der Waals surface area contributed by atoms with E-state index in [9.17, 15) is 4.91 Å². The Bertz CT molecular complexity index is 121. The number of hydrogen-bond acceptors (Lipinski definition) is 2. The third-order valence-electron chi connectivity index (χ3n) is 1.07. The van der Waals surface area contributed by atoms with Gasteiger partial charge in [0.15, 0.2) is 6.61 Å². The average Bonchev–Trinajstić information content (AvgIpc) is 1.82. The Kier molecular flexibility index (Phi) is 4.83. The fraction of sp³-hybridized carbons (Fsp3) is 1.00. The molecule has 0 bridgehead atoms. The summed E-state index contributed by atoms with van der Waals surface area (Å²) in [4.78, 5) is 16.4. The summed E-state index contributed by atoms with van der Waals surface area (Å²) in [7, 11) is 0. The quantitative estimate of drug-likeness (QED) is 0.576. The van der Waals surface area contributed by atoms with Gasteiger partial charge < -0.3 is 0 Å². The Balaban J connectivity index is 3.38. The van der Waals surface area contributed by atoms with Gasteiger partial charge in [0, 0.05) is 5.92 Å². The first-order valence-electron chi connectivity index (χ1n) is 4.10. The number of nitrogens with zero attached hydrogens (tertiary/aromatic N) is 1. The van der Waals surface area contributed by atoms with Crippen molar-refractivity contribution in [1.29, 1.82) is 0 Å². The fourth-order valence-corrected chi connectivity index (χ4v) is 0.583. The van der Waals surface area contributed by atoms with Crippen molar-refractivity contribution in [3.05, 3.63) is 4.91 Å². The highest BCUT2D eigenvalue weighted by molar-refractivity contribution is 4.36. The van der Waals surface area contributed by atoms with Gasteiger partial charge in [0.25, 0.3) is 6.54 Å². The monoisotopic (exact) mass is 160 g/mol. The normalized spacial score (nSPS) is 10.7. The second-order valence-corrected chi connectivity index (χ2v) is 3.60. The first-order valence-corrected chi connectivity index (χ1v) is 4.10. The molecule has 0 atom stereocenters. The van der Waals surface area contributed by atoms with Crippen molar-refractivity contribution in [3.63, 3.8) is 0 Å². The zero-order valence-corrected chi connectivity index (χ0v) is 7.83. The zero-order valence-electron chi connectivity index (χ0n) is 7.83. The highest BCUT2D eigenvalue weighted by atomic mass is 16.8. The number of rotatable bonds is 5. The molecule has 3 nitrogen and oxygen atoms in total. The van der Waals surface area contributed by atoms with E-state index in [0.717, 1.165) is 0 Å². The molecular weight excluding hydrogens is 142 g/mol. The molecule has 0 N–H and O–H groups in total. The van der Waals surface area contributed by atoms with Crippen LogP contribution in [-0.4, -0.2) is 18.1 Å². The lowest BCUT2D eigenvalue weighted by Gasteiger charge is -1.99. The maximum Gasteiger partial charge on any atom is 0.250 e. The maximum absolute atomic E-state index is 10.9. The summed E-state index contributed by atoms with van der Waals surface area (Å²) in [5.74, 6) is 0.776. The van der Waals surface area contributed by atoms with Crippen LogP contribution >= 0.6 is 0 Å². The minimum absolute atomic E-state index is 0.361. The van der Waals surface area contributed by atoms with Crippen molar-refractivity contribution in [3.8, 4) is 0 Å². The second kappa shape index (κ2) is 5.10. The first kappa shape index (κ1) is 10.4. The lowest BCUT2D eigenvalue weighted by molar-refractivity contribution is -0.807. The fourth-order valence-electron chi connectivity index (χ4n) is 0.583. The molecular formula is C8H18NO2+. The van der Waals surface area contributed by atoms with E-state index < -0.39 is 0 Å². The molecule has 0 aromatic heterocycles. The van der Waals surface area contributed by atoms with Crippen molar-refractivity contribution in [2.24, 2.45) is 11.8 Å². The second-order valence-electron chi connectivity index (χ2n) is 3.60. The predicted molar refractivity (Wildman–Crippen MR) is 44.1 cm³/mol. The first-order chi connectivity index (χ1) is 5.02. The van der Waals surface area contributed by atoms with Gasteiger partial charge in [-0.2, -0.15) is 0 Å². The van der Waals surface area contributed by atoms with Crippen LogP contribution in [0, 0.1) is 16.7 Å². The number of hydrogen-bond donors (Lipinski definition) is 0. The van der Waals surface area contributed by atoms with Crippen molar-refractivity contribution in [2.45, 2.75) is 27.7 Å². The largest absolute Gasteiger partial charge is 0.250 e. The van der Waals surface area contributed by atoms with E-state index in [1.54, 1.807) is 0 Å². The molecule has 0 spiro atoms. The summed E-state index contributed by atoms with van der Waals surface area (Å²) in [6, 6.07) is 0. The van der Waals surface area contributed by atoms with Gasteiger partial charge in [-0.05, 0) is 5.92 Å². The smallest absolute Gasteiger partial charge is 0.232 e. The Labute approximate surface area is 68.3 Å². The third kappa shape index (κ3) is 7.30. The van der Waals surface area contributed by atoms with Crippen LogP contribution in [0.2, 0.25) is 0 Å². The topological polar surface area (TPSA) is 29.3 Å². The molecule has 0 aliphatic rings. The van der Waals surface area contributed by atoms with Gasteiger partial charge in [-0.3, -0.25) is 0 Å². The molecule has 3 heteroatoms. The van der Waals surface area contributed by atoms with Gasteiger partial charge in [0.05, 0.1) is 4.91 Å². The van der Waals surface area contributed by atoms with Gasteiger partial charge in [-0.25, -0.2) is 4.84 Å². The molecule has 0 saturated carbocycles. The minimum atomic E-state index is 0.361. The summed E-state index contributed by atoms with van der Waals surface area (Å²) in [5, 5.41) is 0. The molecule has 0 amide bonds. The summed E-state index contributed by atoms with van der Waals surface area (Å²) < 4.78 is 0. The van der Waals surface area contributed by atoms with E-state index in [0.29, 0.717) is 29.9 Å². The highest BCUT2D eigenvalue weighted by Gasteiger charge is 2.13. The standard InChI is InChI=1S/C8H18NO2/c1-7(2)5-9(10)11-6-8(3)4/h7-8H,5-6H2,1-4H3/q+1. The summed E-state index contributed by atoms with van der Waals surface area (Å²) in [6.07, 6.45) is 0. The van der Waals surface area contributed by atoms with Crippen LogP contribution in [0.4, 0.5) is 0 Å². The van der Waals surface area contributed by atoms with Gasteiger partial charge >= 0.3 is 0 Å². The third-order valence-corrected chi connectivity index (χ3v) is 1.07. The molecule has 0 aromatic rings. The summed E-state index contributed by atoms with van der Waals surface area (Å²) in [5.41, 5.74) is 0. The molecule has 0 saturated heterocycles. The molecule has 0 aromatic carbocycles. The Morgan fingerprint density at radius 1 is 1.18 bits per heavy atom. The van der Waals surface area contributed by atoms with Gasteiger partial charge in [-0.15, -0.1) is 0 Å². The van der Waals surface area contributed by atoms with Crippen molar-refractivity contribution < 1.29 is 9.76 Å². The van der Waals surface area contributed by atoms with Gasteiger partial charge in [0.1, 0.15) is 0 Å². The van der Waals surface area contributed by atoms with E-state index in [4.69, 9.17) is 4.84 Å². The minimum Gasteiger partial charge on any atom is -0.232 e. The van der Waals surface area contributed by atoms with Crippen LogP contribution in [-0.2, 0) is 4.84 Å².